The van der Waals surface area contributed by atoms with Gasteiger partial charge in [-0.25, -0.2) is 9.97 Å². The maximum absolute atomic E-state index is 6.25. The lowest BCUT2D eigenvalue weighted by Gasteiger charge is -2.21. The van der Waals surface area contributed by atoms with Crippen LogP contribution < -0.4 is 5.73 Å². The van der Waals surface area contributed by atoms with E-state index in [1.807, 2.05) is 18.2 Å². The molecule has 0 atom stereocenters. The van der Waals surface area contributed by atoms with Crippen molar-refractivity contribution in [3.8, 4) is 11.4 Å². The minimum atomic E-state index is -0.110. The number of nitrogens with two attached hydrogens (primary N) is 1. The summed E-state index contributed by atoms with van der Waals surface area (Å²) in [6.45, 7) is 6.30. The fourth-order valence-corrected chi connectivity index (χ4v) is 3.36. The Morgan fingerprint density at radius 1 is 1.25 bits per heavy atom. The highest BCUT2D eigenvalue weighted by Crippen LogP contribution is 2.33. The number of anilines is 1. The Morgan fingerprint density at radius 3 is 2.50 bits per heavy atom. The molecule has 0 radical (unpaired) electrons. The molecule has 0 bridgehead atoms. The number of aromatic nitrogens is 2. The van der Waals surface area contributed by atoms with Crippen LogP contribution in [0.1, 0.15) is 26.5 Å². The number of hydrogen-bond donors (Lipinski definition) is 1. The highest BCUT2D eigenvalue weighted by Gasteiger charge is 2.23. The summed E-state index contributed by atoms with van der Waals surface area (Å²) in [7, 11) is 0. The van der Waals surface area contributed by atoms with Gasteiger partial charge >= 0.3 is 0 Å². The lowest BCUT2D eigenvalue weighted by atomic mass is 9.92. The number of hydrogen-bond acceptors (Lipinski definition) is 3. The van der Waals surface area contributed by atoms with Gasteiger partial charge < -0.3 is 5.73 Å². The zero-order valence-electron chi connectivity index (χ0n) is 11.3. The molecule has 20 heavy (non-hydrogen) atoms. The summed E-state index contributed by atoms with van der Waals surface area (Å²) in [4.78, 5) is 9.05. The number of halogens is 3. The van der Waals surface area contributed by atoms with Crippen LogP contribution in [0.15, 0.2) is 22.7 Å². The second-order valence-corrected chi connectivity index (χ2v) is 7.87. The van der Waals surface area contributed by atoms with Crippen LogP contribution in [-0.2, 0) is 5.41 Å². The zero-order chi connectivity index (χ0) is 15.1. The molecule has 2 rings (SSSR count). The van der Waals surface area contributed by atoms with Crippen molar-refractivity contribution in [3.05, 3.63) is 37.0 Å². The minimum absolute atomic E-state index is 0.110. The lowest BCUT2D eigenvalue weighted by molar-refractivity contribution is 0.564. The van der Waals surface area contributed by atoms with E-state index in [9.17, 15) is 0 Å². The summed E-state index contributed by atoms with van der Waals surface area (Å²) in [6, 6.07) is 5.60. The fraction of sp³-hybridized carbons (Fsp3) is 0.286. The third kappa shape index (κ3) is 3.26. The Hall–Kier alpha value is -0.400. The second-order valence-electron chi connectivity index (χ2n) is 5.47. The van der Waals surface area contributed by atoms with Crippen LogP contribution >= 0.6 is 50.1 Å². The van der Waals surface area contributed by atoms with Gasteiger partial charge in [-0.05, 0) is 40.8 Å². The summed E-state index contributed by atoms with van der Waals surface area (Å²) in [5.74, 6) is 1.04. The van der Waals surface area contributed by atoms with Crippen LogP contribution in [0, 0.1) is 3.57 Å². The first-order chi connectivity index (χ1) is 9.20. The zero-order valence-corrected chi connectivity index (χ0v) is 15.8. The molecule has 2 N–H and O–H groups in total. The van der Waals surface area contributed by atoms with Crippen LogP contribution in [0.4, 0.5) is 5.82 Å². The van der Waals surface area contributed by atoms with Crippen molar-refractivity contribution in [3.63, 3.8) is 0 Å². The molecule has 1 heterocycles. The predicted molar refractivity (Wildman–Crippen MR) is 96.0 cm³/mol. The molecule has 3 nitrogen and oxygen atoms in total. The molecular formula is C14H14BrClIN3. The monoisotopic (exact) mass is 465 g/mol. The molecule has 0 saturated heterocycles. The molecule has 0 saturated carbocycles. The van der Waals surface area contributed by atoms with Gasteiger partial charge in [0, 0.05) is 15.5 Å². The molecule has 1 aromatic carbocycles. The van der Waals surface area contributed by atoms with Gasteiger partial charge in [0.05, 0.1) is 14.3 Å². The molecule has 2 aromatic rings. The quantitative estimate of drug-likeness (QED) is 0.599. The van der Waals surface area contributed by atoms with Crippen LogP contribution in [0.25, 0.3) is 11.4 Å². The van der Waals surface area contributed by atoms with Crippen molar-refractivity contribution in [1.29, 1.82) is 0 Å². The SMILES string of the molecule is CC(C)(C)c1nc(-c2cc(Br)ccc2Cl)nc(N)c1I. The standard InChI is InChI=1S/C14H14BrClIN3/c1-14(2,3)11-10(17)12(18)20-13(19-11)8-6-7(15)4-5-9(8)16/h4-6H,1-3H3,(H2,18,19,20). The van der Waals surface area contributed by atoms with Crippen LogP contribution in [0.5, 0.6) is 0 Å². The topological polar surface area (TPSA) is 51.8 Å². The van der Waals surface area contributed by atoms with Gasteiger partial charge in [0.2, 0.25) is 0 Å². The van der Waals surface area contributed by atoms with E-state index < -0.39 is 0 Å². The minimum Gasteiger partial charge on any atom is -0.383 e. The maximum Gasteiger partial charge on any atom is 0.163 e. The molecule has 1 aromatic heterocycles. The molecule has 0 amide bonds. The van der Waals surface area contributed by atoms with Crippen molar-refractivity contribution in [2.45, 2.75) is 26.2 Å². The van der Waals surface area contributed by atoms with Crippen molar-refractivity contribution in [1.82, 2.24) is 9.97 Å². The second kappa shape index (κ2) is 5.77. The predicted octanol–water partition coefficient (Wildman–Crippen LogP) is 5.04. The smallest absolute Gasteiger partial charge is 0.163 e. The highest BCUT2D eigenvalue weighted by molar-refractivity contribution is 14.1. The number of benzene rings is 1. The number of nitrogens with zero attached hydrogens (tertiary/aromatic N) is 2. The van der Waals surface area contributed by atoms with E-state index in [0.29, 0.717) is 16.7 Å². The van der Waals surface area contributed by atoms with Crippen molar-refractivity contribution in [2.75, 3.05) is 5.73 Å². The summed E-state index contributed by atoms with van der Waals surface area (Å²) in [5.41, 5.74) is 7.62. The first kappa shape index (κ1) is 16.0. The fourth-order valence-electron chi connectivity index (χ4n) is 1.75. The molecule has 106 valence electrons. The van der Waals surface area contributed by atoms with E-state index in [1.165, 1.54) is 0 Å². The molecule has 0 spiro atoms. The number of nitrogen functional groups attached to an aromatic ring is 1. The van der Waals surface area contributed by atoms with Gasteiger partial charge in [0.15, 0.2) is 5.82 Å². The van der Waals surface area contributed by atoms with E-state index in [0.717, 1.165) is 19.3 Å². The van der Waals surface area contributed by atoms with E-state index in [1.54, 1.807) is 0 Å². The first-order valence-corrected chi connectivity index (χ1v) is 8.24. The molecule has 0 fully saturated rings. The Morgan fingerprint density at radius 2 is 1.90 bits per heavy atom. The highest BCUT2D eigenvalue weighted by atomic mass is 127. The van der Waals surface area contributed by atoms with Gasteiger partial charge in [-0.2, -0.15) is 0 Å². The van der Waals surface area contributed by atoms with Gasteiger partial charge in [-0.3, -0.25) is 0 Å². The summed E-state index contributed by atoms with van der Waals surface area (Å²) in [5, 5.41) is 0.605. The maximum atomic E-state index is 6.25. The molecule has 0 aliphatic heterocycles. The number of rotatable bonds is 1. The van der Waals surface area contributed by atoms with Gasteiger partial charge in [0.25, 0.3) is 0 Å². The Balaban J connectivity index is 2.70. The molecule has 0 aliphatic rings. The van der Waals surface area contributed by atoms with Crippen LogP contribution in [-0.4, -0.2) is 9.97 Å². The molecule has 0 aliphatic carbocycles. The normalized spacial score (nSPS) is 11.7. The third-order valence-corrected chi connectivity index (χ3v) is 4.64. The molecule has 6 heteroatoms. The van der Waals surface area contributed by atoms with Crippen molar-refractivity contribution in [2.24, 2.45) is 0 Å². The first-order valence-electron chi connectivity index (χ1n) is 5.99. The Bertz CT molecular complexity index is 668. The lowest BCUT2D eigenvalue weighted by Crippen LogP contribution is -2.18. The van der Waals surface area contributed by atoms with Crippen LogP contribution in [0.2, 0.25) is 5.02 Å². The largest absolute Gasteiger partial charge is 0.383 e. The Kier molecular flexibility index (Phi) is 4.61. The summed E-state index contributed by atoms with van der Waals surface area (Å²) >= 11 is 11.9. The molecule has 0 unspecified atom stereocenters. The average molecular weight is 467 g/mol. The Labute approximate surface area is 145 Å². The van der Waals surface area contributed by atoms with Crippen molar-refractivity contribution < 1.29 is 0 Å². The van der Waals surface area contributed by atoms with E-state index >= 15 is 0 Å². The average Bonchev–Trinajstić information content (AvgIpc) is 2.34. The third-order valence-electron chi connectivity index (χ3n) is 2.76. The van der Waals surface area contributed by atoms with E-state index in [2.05, 4.69) is 69.3 Å². The van der Waals surface area contributed by atoms with E-state index in [4.69, 9.17) is 17.3 Å². The van der Waals surface area contributed by atoms with Gasteiger partial charge in [0.1, 0.15) is 5.82 Å². The van der Waals surface area contributed by atoms with Crippen molar-refractivity contribution >= 4 is 55.9 Å². The molecular weight excluding hydrogens is 452 g/mol. The van der Waals surface area contributed by atoms with E-state index in [-0.39, 0.29) is 5.41 Å². The van der Waals surface area contributed by atoms with Gasteiger partial charge in [-0.15, -0.1) is 0 Å². The summed E-state index contributed by atoms with van der Waals surface area (Å²) < 4.78 is 1.82. The van der Waals surface area contributed by atoms with Crippen LogP contribution in [0.3, 0.4) is 0 Å². The summed E-state index contributed by atoms with van der Waals surface area (Å²) in [6.07, 6.45) is 0. The van der Waals surface area contributed by atoms with Gasteiger partial charge in [-0.1, -0.05) is 48.3 Å².